The van der Waals surface area contributed by atoms with Crippen molar-refractivity contribution in [2.75, 3.05) is 18.7 Å². The number of sulfone groups is 1. The minimum absolute atomic E-state index is 0.0234. The number of hydrogen-bond acceptors (Lipinski definition) is 6. The molecule has 0 amide bonds. The number of hydrogen-bond donors (Lipinski definition) is 1. The standard InChI is InChI=1S/C21H21F2N3O4S/c1-12-5-17(31(4,28)29)9-18(13(12)2)24-21-25-20(27)19(30-3)11-26(21)10-14-6-15(22)8-16(23)7-14/h5-9,11H,10H2,1-4H3,(H,24,25,27). The van der Waals surface area contributed by atoms with Crippen LogP contribution >= 0.6 is 0 Å². The van der Waals surface area contributed by atoms with Gasteiger partial charge in [-0.15, -0.1) is 0 Å². The lowest BCUT2D eigenvalue weighted by Gasteiger charge is -2.18. The Hall–Kier alpha value is -3.27. The van der Waals surface area contributed by atoms with Crippen LogP contribution in [-0.2, 0) is 16.4 Å². The molecule has 0 saturated heterocycles. The van der Waals surface area contributed by atoms with Crippen molar-refractivity contribution in [1.82, 2.24) is 9.55 Å². The highest BCUT2D eigenvalue weighted by molar-refractivity contribution is 7.90. The van der Waals surface area contributed by atoms with Gasteiger partial charge in [-0.05, 0) is 54.8 Å². The van der Waals surface area contributed by atoms with E-state index in [4.69, 9.17) is 4.74 Å². The van der Waals surface area contributed by atoms with Crippen LogP contribution < -0.4 is 15.6 Å². The first kappa shape index (κ1) is 22.4. The van der Waals surface area contributed by atoms with Crippen molar-refractivity contribution in [3.8, 4) is 5.75 Å². The number of anilines is 2. The molecule has 3 rings (SSSR count). The highest BCUT2D eigenvalue weighted by atomic mass is 32.2. The van der Waals surface area contributed by atoms with Gasteiger partial charge < -0.3 is 14.6 Å². The van der Waals surface area contributed by atoms with Gasteiger partial charge in [0.25, 0.3) is 0 Å². The first-order chi connectivity index (χ1) is 14.5. The zero-order chi connectivity index (χ0) is 22.9. The van der Waals surface area contributed by atoms with Gasteiger partial charge >= 0.3 is 5.56 Å². The normalized spacial score (nSPS) is 11.4. The quantitative estimate of drug-likeness (QED) is 0.621. The van der Waals surface area contributed by atoms with E-state index in [9.17, 15) is 22.0 Å². The molecule has 0 saturated carbocycles. The molecule has 1 N–H and O–H groups in total. The lowest BCUT2D eigenvalue weighted by atomic mass is 10.1. The first-order valence-electron chi connectivity index (χ1n) is 9.16. The summed E-state index contributed by atoms with van der Waals surface area (Å²) in [6.45, 7) is 3.53. The summed E-state index contributed by atoms with van der Waals surface area (Å²) in [5, 5.41) is 2.98. The maximum absolute atomic E-state index is 13.6. The number of ether oxygens (including phenoxy) is 1. The lowest BCUT2D eigenvalue weighted by Crippen LogP contribution is -2.19. The molecule has 2 aromatic carbocycles. The van der Waals surface area contributed by atoms with Gasteiger partial charge in [0.2, 0.25) is 11.7 Å². The van der Waals surface area contributed by atoms with E-state index >= 15 is 0 Å². The van der Waals surface area contributed by atoms with Gasteiger partial charge in [-0.2, -0.15) is 4.98 Å². The monoisotopic (exact) mass is 449 g/mol. The first-order valence-corrected chi connectivity index (χ1v) is 11.1. The average molecular weight is 449 g/mol. The minimum atomic E-state index is -3.48. The van der Waals surface area contributed by atoms with Gasteiger partial charge in [-0.1, -0.05) is 0 Å². The highest BCUT2D eigenvalue weighted by Crippen LogP contribution is 2.27. The number of rotatable bonds is 6. The number of nitrogens with zero attached hydrogens (tertiary/aromatic N) is 2. The van der Waals surface area contributed by atoms with E-state index in [0.717, 1.165) is 35.6 Å². The van der Waals surface area contributed by atoms with Crippen LogP contribution in [0.2, 0.25) is 0 Å². The van der Waals surface area contributed by atoms with E-state index in [-0.39, 0.29) is 23.1 Å². The summed E-state index contributed by atoms with van der Waals surface area (Å²) in [5.41, 5.74) is 1.55. The Bertz CT molecular complexity index is 1300. The van der Waals surface area contributed by atoms with Crippen molar-refractivity contribution >= 4 is 21.5 Å². The molecule has 0 bridgehead atoms. The summed E-state index contributed by atoms with van der Waals surface area (Å²) in [6, 6.07) is 6.09. The molecule has 1 heterocycles. The molecule has 10 heteroatoms. The van der Waals surface area contributed by atoms with E-state index < -0.39 is 27.0 Å². The van der Waals surface area contributed by atoms with Crippen molar-refractivity contribution in [3.63, 3.8) is 0 Å². The molecule has 0 fully saturated rings. The summed E-state index contributed by atoms with van der Waals surface area (Å²) in [4.78, 5) is 16.3. The zero-order valence-corrected chi connectivity index (χ0v) is 18.2. The molecule has 0 aliphatic rings. The van der Waals surface area contributed by atoms with Gasteiger partial charge in [0, 0.05) is 18.0 Å². The van der Waals surface area contributed by atoms with Crippen LogP contribution in [0.15, 0.2) is 46.2 Å². The molecule has 0 unspecified atom stereocenters. The summed E-state index contributed by atoms with van der Waals surface area (Å²) in [6.07, 6.45) is 2.46. The number of methoxy groups -OCH3 is 1. The summed E-state index contributed by atoms with van der Waals surface area (Å²) >= 11 is 0. The molecular formula is C21H21F2N3O4S. The number of benzene rings is 2. The maximum Gasteiger partial charge on any atom is 0.316 e. The van der Waals surface area contributed by atoms with E-state index in [1.807, 2.05) is 0 Å². The lowest BCUT2D eigenvalue weighted by molar-refractivity contribution is 0.402. The Labute approximate surface area is 178 Å². The van der Waals surface area contributed by atoms with Gasteiger partial charge in [0.1, 0.15) is 11.6 Å². The van der Waals surface area contributed by atoms with E-state index in [1.165, 1.54) is 23.9 Å². The Balaban J connectivity index is 2.12. The fraction of sp³-hybridized carbons (Fsp3) is 0.238. The SMILES string of the molecule is COc1cn(Cc2cc(F)cc(F)c2)c(Nc2cc(S(C)(=O)=O)cc(C)c2C)nc1=O. The van der Waals surface area contributed by atoms with Gasteiger partial charge in [0.05, 0.1) is 24.7 Å². The van der Waals surface area contributed by atoms with Crippen LogP contribution in [-0.4, -0.2) is 31.3 Å². The maximum atomic E-state index is 13.6. The Morgan fingerprint density at radius 2 is 1.74 bits per heavy atom. The van der Waals surface area contributed by atoms with Crippen LogP contribution in [0, 0.1) is 25.5 Å². The predicted octanol–water partition coefficient (Wildman–Crippen LogP) is 3.34. The number of nitrogens with one attached hydrogen (secondary N) is 1. The Morgan fingerprint density at radius 3 is 2.32 bits per heavy atom. The van der Waals surface area contributed by atoms with E-state index in [1.54, 1.807) is 19.9 Å². The zero-order valence-electron chi connectivity index (χ0n) is 17.4. The van der Waals surface area contributed by atoms with Crippen molar-refractivity contribution in [3.05, 3.63) is 75.2 Å². The number of halogens is 2. The van der Waals surface area contributed by atoms with Crippen LogP contribution in [0.1, 0.15) is 16.7 Å². The minimum Gasteiger partial charge on any atom is -0.490 e. The van der Waals surface area contributed by atoms with Gasteiger partial charge in [0.15, 0.2) is 9.84 Å². The van der Waals surface area contributed by atoms with Gasteiger partial charge in [-0.3, -0.25) is 4.79 Å². The molecule has 31 heavy (non-hydrogen) atoms. The second kappa shape index (κ2) is 8.46. The van der Waals surface area contributed by atoms with Crippen LogP contribution in [0.3, 0.4) is 0 Å². The summed E-state index contributed by atoms with van der Waals surface area (Å²) in [7, 11) is -2.17. The fourth-order valence-electron chi connectivity index (χ4n) is 3.02. The smallest absolute Gasteiger partial charge is 0.316 e. The fourth-order valence-corrected chi connectivity index (χ4v) is 3.75. The molecule has 7 nitrogen and oxygen atoms in total. The second-order valence-corrected chi connectivity index (χ2v) is 9.17. The molecule has 1 aromatic heterocycles. The van der Waals surface area contributed by atoms with E-state index in [0.29, 0.717) is 11.3 Å². The topological polar surface area (TPSA) is 90.3 Å². The largest absolute Gasteiger partial charge is 0.490 e. The molecule has 0 spiro atoms. The summed E-state index contributed by atoms with van der Waals surface area (Å²) < 4.78 is 57.8. The second-order valence-electron chi connectivity index (χ2n) is 7.15. The average Bonchev–Trinajstić information content (AvgIpc) is 2.65. The molecule has 0 radical (unpaired) electrons. The van der Waals surface area contributed by atoms with Crippen LogP contribution in [0.5, 0.6) is 5.75 Å². The third-order valence-corrected chi connectivity index (χ3v) is 5.87. The molecule has 0 aliphatic carbocycles. The van der Waals surface area contributed by atoms with Crippen molar-refractivity contribution in [2.24, 2.45) is 0 Å². The predicted molar refractivity (Wildman–Crippen MR) is 113 cm³/mol. The van der Waals surface area contributed by atoms with E-state index in [2.05, 4.69) is 10.3 Å². The third-order valence-electron chi connectivity index (χ3n) is 4.77. The number of aromatic nitrogens is 2. The van der Waals surface area contributed by atoms with Crippen LogP contribution in [0.4, 0.5) is 20.4 Å². The highest BCUT2D eigenvalue weighted by Gasteiger charge is 2.16. The van der Waals surface area contributed by atoms with Crippen molar-refractivity contribution < 1.29 is 21.9 Å². The van der Waals surface area contributed by atoms with Crippen molar-refractivity contribution in [1.29, 1.82) is 0 Å². The summed E-state index contributed by atoms with van der Waals surface area (Å²) in [5.74, 6) is -1.47. The Kier molecular flexibility index (Phi) is 6.12. The molecule has 3 aromatic rings. The molecular weight excluding hydrogens is 428 g/mol. The molecule has 164 valence electrons. The van der Waals surface area contributed by atoms with Crippen molar-refractivity contribution in [2.45, 2.75) is 25.3 Å². The van der Waals surface area contributed by atoms with Gasteiger partial charge in [-0.25, -0.2) is 17.2 Å². The molecule has 0 aliphatic heterocycles. The van der Waals surface area contributed by atoms with Crippen LogP contribution in [0.25, 0.3) is 0 Å². The third kappa shape index (κ3) is 5.08. The number of aryl methyl sites for hydroxylation is 1. The molecule has 0 atom stereocenters. The Morgan fingerprint density at radius 1 is 1.10 bits per heavy atom.